The molecule has 2 aromatic rings. The molecule has 78 valence electrons. The van der Waals surface area contributed by atoms with Crippen molar-refractivity contribution in [2.45, 2.75) is 6.54 Å². The Morgan fingerprint density at radius 3 is 2.60 bits per heavy atom. The van der Waals surface area contributed by atoms with E-state index < -0.39 is 0 Å². The zero-order chi connectivity index (χ0) is 10.7. The van der Waals surface area contributed by atoms with E-state index in [1.54, 1.807) is 6.20 Å². The van der Waals surface area contributed by atoms with Crippen molar-refractivity contribution in [1.82, 2.24) is 9.78 Å². The summed E-state index contributed by atoms with van der Waals surface area (Å²) in [7, 11) is 1.93. The van der Waals surface area contributed by atoms with Crippen LogP contribution in [0.5, 0.6) is 0 Å². The molecule has 4 heteroatoms. The minimum atomic E-state index is 0.751. The van der Waals surface area contributed by atoms with Gasteiger partial charge in [0, 0.05) is 24.0 Å². The van der Waals surface area contributed by atoms with Crippen LogP contribution in [0.3, 0.4) is 0 Å². The fraction of sp³-hybridized carbons (Fsp3) is 0.182. The Morgan fingerprint density at radius 1 is 1.27 bits per heavy atom. The van der Waals surface area contributed by atoms with Crippen molar-refractivity contribution < 1.29 is 0 Å². The molecule has 15 heavy (non-hydrogen) atoms. The van der Waals surface area contributed by atoms with Gasteiger partial charge in [-0.15, -0.1) is 0 Å². The van der Waals surface area contributed by atoms with Gasteiger partial charge < -0.3 is 5.32 Å². The van der Waals surface area contributed by atoms with Gasteiger partial charge in [0.15, 0.2) is 0 Å². The van der Waals surface area contributed by atoms with Gasteiger partial charge in [-0.25, -0.2) is 0 Å². The van der Waals surface area contributed by atoms with Crippen LogP contribution in [-0.2, 0) is 13.6 Å². The normalized spacial score (nSPS) is 10.3. The van der Waals surface area contributed by atoms with Gasteiger partial charge in [-0.3, -0.25) is 4.68 Å². The molecule has 2 rings (SSSR count). The van der Waals surface area contributed by atoms with E-state index in [1.165, 1.54) is 0 Å². The van der Waals surface area contributed by atoms with Gasteiger partial charge in [-0.05, 0) is 30.3 Å². The number of rotatable bonds is 3. The first kappa shape index (κ1) is 10.1. The van der Waals surface area contributed by atoms with Gasteiger partial charge in [0.05, 0.1) is 12.2 Å². The molecular weight excluding hydrogens is 210 g/mol. The van der Waals surface area contributed by atoms with Crippen LogP contribution in [-0.4, -0.2) is 9.78 Å². The first-order chi connectivity index (χ1) is 7.25. The van der Waals surface area contributed by atoms with Gasteiger partial charge in [0.2, 0.25) is 0 Å². The highest BCUT2D eigenvalue weighted by molar-refractivity contribution is 6.30. The summed E-state index contributed by atoms with van der Waals surface area (Å²) >= 11 is 5.79. The smallest absolute Gasteiger partial charge is 0.0571 e. The summed E-state index contributed by atoms with van der Waals surface area (Å²) in [5.41, 5.74) is 2.20. The van der Waals surface area contributed by atoms with Crippen LogP contribution in [0.2, 0.25) is 5.02 Å². The molecule has 1 aromatic carbocycles. The lowest BCUT2D eigenvalue weighted by Crippen LogP contribution is -2.05. The van der Waals surface area contributed by atoms with Crippen LogP contribution in [0.25, 0.3) is 0 Å². The van der Waals surface area contributed by atoms with Gasteiger partial charge in [0.1, 0.15) is 0 Å². The predicted molar refractivity (Wildman–Crippen MR) is 62.0 cm³/mol. The lowest BCUT2D eigenvalue weighted by molar-refractivity contribution is 0.720. The average molecular weight is 222 g/mol. The monoisotopic (exact) mass is 221 g/mol. The number of nitrogens with one attached hydrogen (secondary N) is 1. The van der Waals surface area contributed by atoms with Gasteiger partial charge in [-0.1, -0.05) is 11.6 Å². The topological polar surface area (TPSA) is 29.9 Å². The van der Waals surface area contributed by atoms with Crippen molar-refractivity contribution in [3.05, 3.63) is 47.2 Å². The SMILES string of the molecule is Cn1nccc1CNc1ccc(Cl)cc1. The van der Waals surface area contributed by atoms with E-state index in [0.717, 1.165) is 22.9 Å². The molecule has 0 aliphatic carbocycles. The van der Waals surface area contributed by atoms with E-state index in [1.807, 2.05) is 42.1 Å². The third-order valence-electron chi connectivity index (χ3n) is 2.24. The van der Waals surface area contributed by atoms with Crippen LogP contribution >= 0.6 is 11.6 Å². The fourth-order valence-corrected chi connectivity index (χ4v) is 1.46. The first-order valence-corrected chi connectivity index (χ1v) is 5.10. The van der Waals surface area contributed by atoms with Crippen molar-refractivity contribution in [2.75, 3.05) is 5.32 Å². The Hall–Kier alpha value is -1.48. The van der Waals surface area contributed by atoms with Gasteiger partial charge >= 0.3 is 0 Å². The molecular formula is C11H12ClN3. The van der Waals surface area contributed by atoms with Crippen molar-refractivity contribution in [1.29, 1.82) is 0 Å². The summed E-state index contributed by atoms with van der Waals surface area (Å²) in [4.78, 5) is 0. The Labute approximate surface area is 93.7 Å². The minimum Gasteiger partial charge on any atom is -0.379 e. The summed E-state index contributed by atoms with van der Waals surface area (Å²) in [6, 6.07) is 9.64. The van der Waals surface area contributed by atoms with Crippen LogP contribution in [0, 0.1) is 0 Å². The second kappa shape index (κ2) is 4.36. The summed E-state index contributed by atoms with van der Waals surface area (Å²) in [5, 5.41) is 8.15. The maximum absolute atomic E-state index is 5.79. The van der Waals surface area contributed by atoms with E-state index >= 15 is 0 Å². The van der Waals surface area contributed by atoms with Gasteiger partial charge in [-0.2, -0.15) is 5.10 Å². The molecule has 0 atom stereocenters. The Balaban J connectivity index is 1.99. The van der Waals surface area contributed by atoms with Crippen LogP contribution in [0.15, 0.2) is 36.5 Å². The van der Waals surface area contributed by atoms with Crippen LogP contribution in [0.1, 0.15) is 5.69 Å². The molecule has 0 radical (unpaired) electrons. The van der Waals surface area contributed by atoms with E-state index in [-0.39, 0.29) is 0 Å². The van der Waals surface area contributed by atoms with Crippen LogP contribution in [0.4, 0.5) is 5.69 Å². The van der Waals surface area contributed by atoms with Crippen molar-refractivity contribution in [3.8, 4) is 0 Å². The molecule has 0 unspecified atom stereocenters. The second-order valence-corrected chi connectivity index (χ2v) is 3.74. The lowest BCUT2D eigenvalue weighted by Gasteiger charge is -2.06. The quantitative estimate of drug-likeness (QED) is 0.864. The largest absolute Gasteiger partial charge is 0.379 e. The average Bonchev–Trinajstić information content (AvgIpc) is 2.63. The molecule has 0 spiro atoms. The van der Waals surface area contributed by atoms with Crippen molar-refractivity contribution >= 4 is 17.3 Å². The zero-order valence-corrected chi connectivity index (χ0v) is 9.20. The Bertz CT molecular complexity index is 433. The number of anilines is 1. The Kier molecular flexibility index (Phi) is 2.92. The molecule has 0 saturated carbocycles. The lowest BCUT2D eigenvalue weighted by atomic mass is 10.3. The van der Waals surface area contributed by atoms with Crippen molar-refractivity contribution in [2.24, 2.45) is 7.05 Å². The summed E-state index contributed by atoms with van der Waals surface area (Å²) in [6.07, 6.45) is 1.79. The fourth-order valence-electron chi connectivity index (χ4n) is 1.34. The molecule has 0 fully saturated rings. The molecule has 0 saturated heterocycles. The number of aromatic nitrogens is 2. The Morgan fingerprint density at radius 2 is 2.00 bits per heavy atom. The summed E-state index contributed by atoms with van der Waals surface area (Å²) in [6.45, 7) is 0.762. The van der Waals surface area contributed by atoms with Gasteiger partial charge in [0.25, 0.3) is 0 Å². The number of hydrogen-bond donors (Lipinski definition) is 1. The maximum atomic E-state index is 5.79. The highest BCUT2D eigenvalue weighted by Crippen LogP contribution is 2.14. The molecule has 1 heterocycles. The molecule has 0 bridgehead atoms. The standard InChI is InChI=1S/C11H12ClN3/c1-15-11(6-7-14-15)8-13-10-4-2-9(12)3-5-10/h2-7,13H,8H2,1H3. The number of halogens is 1. The minimum absolute atomic E-state index is 0.751. The number of nitrogens with zero attached hydrogens (tertiary/aromatic N) is 2. The van der Waals surface area contributed by atoms with Crippen molar-refractivity contribution in [3.63, 3.8) is 0 Å². The van der Waals surface area contributed by atoms with E-state index in [0.29, 0.717) is 0 Å². The highest BCUT2D eigenvalue weighted by Gasteiger charge is 1.97. The summed E-state index contributed by atoms with van der Waals surface area (Å²) < 4.78 is 1.85. The van der Waals surface area contributed by atoms with E-state index in [9.17, 15) is 0 Å². The third-order valence-corrected chi connectivity index (χ3v) is 2.49. The third kappa shape index (κ3) is 2.50. The predicted octanol–water partition coefficient (Wildman–Crippen LogP) is 2.69. The zero-order valence-electron chi connectivity index (χ0n) is 8.44. The number of hydrogen-bond acceptors (Lipinski definition) is 2. The molecule has 1 N–H and O–H groups in total. The molecule has 3 nitrogen and oxygen atoms in total. The molecule has 0 aliphatic rings. The highest BCUT2D eigenvalue weighted by atomic mass is 35.5. The first-order valence-electron chi connectivity index (χ1n) is 4.72. The second-order valence-electron chi connectivity index (χ2n) is 3.31. The molecule has 0 aliphatic heterocycles. The van der Waals surface area contributed by atoms with Crippen LogP contribution < -0.4 is 5.32 Å². The maximum Gasteiger partial charge on any atom is 0.0571 e. The molecule has 1 aromatic heterocycles. The van der Waals surface area contributed by atoms with E-state index in [2.05, 4.69) is 10.4 Å². The summed E-state index contributed by atoms with van der Waals surface area (Å²) in [5.74, 6) is 0. The molecule has 0 amide bonds. The number of aryl methyl sites for hydroxylation is 1. The number of benzene rings is 1. The van der Waals surface area contributed by atoms with E-state index in [4.69, 9.17) is 11.6 Å².